The van der Waals surface area contributed by atoms with Crippen LogP contribution >= 0.6 is 0 Å². The van der Waals surface area contributed by atoms with Gasteiger partial charge >= 0.3 is 0 Å². The minimum absolute atomic E-state index is 0.362. The predicted molar refractivity (Wildman–Crippen MR) is 52.4 cm³/mol. The Morgan fingerprint density at radius 1 is 1.21 bits per heavy atom. The number of hydrogen-bond acceptors (Lipinski definition) is 4. The van der Waals surface area contributed by atoms with Crippen LogP contribution in [0.4, 0.5) is 5.95 Å². The zero-order valence-corrected chi connectivity index (χ0v) is 7.67. The van der Waals surface area contributed by atoms with Crippen molar-refractivity contribution >= 4 is 5.95 Å². The Hall–Kier alpha value is -1.91. The lowest BCUT2D eigenvalue weighted by molar-refractivity contribution is 0.595. The summed E-state index contributed by atoms with van der Waals surface area (Å²) in [5.41, 5.74) is 6.78. The first-order valence-electron chi connectivity index (χ1n) is 4.42. The molecule has 0 fully saturated rings. The molecule has 0 spiro atoms. The molecule has 14 heavy (non-hydrogen) atoms. The van der Waals surface area contributed by atoms with Crippen LogP contribution in [0, 0.1) is 0 Å². The second-order valence-electron chi connectivity index (χ2n) is 3.00. The number of rotatable bonds is 3. The summed E-state index contributed by atoms with van der Waals surface area (Å²) >= 11 is 0. The minimum Gasteiger partial charge on any atom is -0.367 e. The zero-order chi connectivity index (χ0) is 9.80. The maximum atomic E-state index is 5.53. The normalized spacial score (nSPS) is 10.3. The van der Waals surface area contributed by atoms with Crippen LogP contribution in [0.1, 0.15) is 5.56 Å². The number of aromatic nitrogens is 4. The van der Waals surface area contributed by atoms with Crippen LogP contribution in [-0.2, 0) is 13.0 Å². The van der Waals surface area contributed by atoms with E-state index in [9.17, 15) is 0 Å². The summed E-state index contributed by atoms with van der Waals surface area (Å²) in [5, 5.41) is 10.8. The predicted octanol–water partition coefficient (Wildman–Crippen LogP) is 0.498. The number of hydrogen-bond donors (Lipinski definition) is 1. The first kappa shape index (κ1) is 8.68. The summed E-state index contributed by atoms with van der Waals surface area (Å²) in [5.74, 6) is 0.362. The molecule has 2 N–H and O–H groups in total. The molecule has 5 heteroatoms. The summed E-state index contributed by atoms with van der Waals surface area (Å²) < 4.78 is 1.59. The Balaban J connectivity index is 1.99. The lowest BCUT2D eigenvalue weighted by Crippen LogP contribution is -2.07. The number of nitrogen functional groups attached to an aromatic ring is 1. The van der Waals surface area contributed by atoms with Crippen LogP contribution in [0.25, 0.3) is 0 Å². The molecule has 1 aromatic heterocycles. The molecule has 0 radical (unpaired) electrons. The molecule has 0 saturated carbocycles. The van der Waals surface area contributed by atoms with E-state index in [0.717, 1.165) is 6.42 Å². The van der Waals surface area contributed by atoms with Gasteiger partial charge in [-0.05, 0) is 22.4 Å². The quantitative estimate of drug-likeness (QED) is 0.763. The van der Waals surface area contributed by atoms with E-state index >= 15 is 0 Å². The standard InChI is InChI=1S/C9H11N5/c10-9-11-12-13-14(9)7-6-8-4-2-1-3-5-8/h1-5H,6-7H2,(H2,10,11,13). The Morgan fingerprint density at radius 3 is 2.64 bits per heavy atom. The van der Waals surface area contributed by atoms with Crippen LogP contribution in [0.3, 0.4) is 0 Å². The maximum Gasteiger partial charge on any atom is 0.240 e. The molecule has 2 aromatic rings. The lowest BCUT2D eigenvalue weighted by atomic mass is 10.1. The fourth-order valence-corrected chi connectivity index (χ4v) is 1.25. The zero-order valence-electron chi connectivity index (χ0n) is 7.67. The first-order chi connectivity index (χ1) is 6.86. The monoisotopic (exact) mass is 189 g/mol. The number of nitrogens with zero attached hydrogens (tertiary/aromatic N) is 4. The summed E-state index contributed by atoms with van der Waals surface area (Å²) in [4.78, 5) is 0. The van der Waals surface area contributed by atoms with Gasteiger partial charge in [0.05, 0.1) is 6.54 Å². The molecule has 72 valence electrons. The van der Waals surface area contributed by atoms with E-state index < -0.39 is 0 Å². The molecule has 0 saturated heterocycles. The van der Waals surface area contributed by atoms with Gasteiger partial charge in [-0.1, -0.05) is 35.4 Å². The molecule has 0 atom stereocenters. The van der Waals surface area contributed by atoms with E-state index in [1.165, 1.54) is 5.56 Å². The van der Waals surface area contributed by atoms with Crippen molar-refractivity contribution in [3.8, 4) is 0 Å². The second-order valence-corrected chi connectivity index (χ2v) is 3.00. The number of tetrazole rings is 1. The van der Waals surface area contributed by atoms with Crippen molar-refractivity contribution in [2.75, 3.05) is 5.73 Å². The van der Waals surface area contributed by atoms with Gasteiger partial charge in [-0.3, -0.25) is 0 Å². The third-order valence-corrected chi connectivity index (χ3v) is 2.01. The topological polar surface area (TPSA) is 69.6 Å². The van der Waals surface area contributed by atoms with Crippen LogP contribution < -0.4 is 5.73 Å². The summed E-state index contributed by atoms with van der Waals surface area (Å²) in [6.07, 6.45) is 0.885. The van der Waals surface area contributed by atoms with E-state index in [1.807, 2.05) is 18.2 Å². The number of aryl methyl sites for hydroxylation is 2. The van der Waals surface area contributed by atoms with Crippen molar-refractivity contribution in [1.82, 2.24) is 20.2 Å². The molecule has 0 aliphatic heterocycles. The largest absolute Gasteiger partial charge is 0.367 e. The number of benzene rings is 1. The molecule has 5 nitrogen and oxygen atoms in total. The maximum absolute atomic E-state index is 5.53. The second kappa shape index (κ2) is 3.87. The van der Waals surface area contributed by atoms with Gasteiger partial charge < -0.3 is 5.73 Å². The molecule has 0 aliphatic rings. The van der Waals surface area contributed by atoms with Crippen molar-refractivity contribution in [1.29, 1.82) is 0 Å². The van der Waals surface area contributed by atoms with Gasteiger partial charge in [0.15, 0.2) is 0 Å². The van der Waals surface area contributed by atoms with E-state index in [1.54, 1.807) is 4.68 Å². The highest BCUT2D eigenvalue weighted by Gasteiger charge is 2.00. The Bertz CT molecular complexity index is 395. The van der Waals surface area contributed by atoms with Crippen molar-refractivity contribution in [2.45, 2.75) is 13.0 Å². The molecular formula is C9H11N5. The van der Waals surface area contributed by atoms with Crippen molar-refractivity contribution < 1.29 is 0 Å². The van der Waals surface area contributed by atoms with Crippen LogP contribution in [0.5, 0.6) is 0 Å². The highest BCUT2D eigenvalue weighted by Crippen LogP contribution is 2.02. The van der Waals surface area contributed by atoms with Gasteiger partial charge in [-0.25, -0.2) is 4.68 Å². The fourth-order valence-electron chi connectivity index (χ4n) is 1.25. The fraction of sp³-hybridized carbons (Fsp3) is 0.222. The van der Waals surface area contributed by atoms with Gasteiger partial charge in [-0.15, -0.1) is 0 Å². The molecule has 0 amide bonds. The molecule has 0 bridgehead atoms. The molecule has 0 unspecified atom stereocenters. The van der Waals surface area contributed by atoms with Crippen LogP contribution in [-0.4, -0.2) is 20.2 Å². The average Bonchev–Trinajstić information content (AvgIpc) is 2.63. The summed E-state index contributed by atoms with van der Waals surface area (Å²) in [7, 11) is 0. The van der Waals surface area contributed by atoms with Crippen molar-refractivity contribution in [3.05, 3.63) is 35.9 Å². The highest BCUT2D eigenvalue weighted by atomic mass is 15.6. The van der Waals surface area contributed by atoms with E-state index in [4.69, 9.17) is 5.73 Å². The van der Waals surface area contributed by atoms with Crippen LogP contribution in [0.2, 0.25) is 0 Å². The van der Waals surface area contributed by atoms with E-state index in [0.29, 0.717) is 12.5 Å². The minimum atomic E-state index is 0.362. The van der Waals surface area contributed by atoms with Gasteiger partial charge in [0, 0.05) is 0 Å². The molecule has 1 heterocycles. The first-order valence-corrected chi connectivity index (χ1v) is 4.42. The molecule has 1 aromatic carbocycles. The molecular weight excluding hydrogens is 178 g/mol. The summed E-state index contributed by atoms with van der Waals surface area (Å²) in [6.45, 7) is 0.711. The van der Waals surface area contributed by atoms with E-state index in [2.05, 4.69) is 27.7 Å². The number of anilines is 1. The van der Waals surface area contributed by atoms with Crippen molar-refractivity contribution in [2.24, 2.45) is 0 Å². The van der Waals surface area contributed by atoms with Gasteiger partial charge in [0.2, 0.25) is 5.95 Å². The smallest absolute Gasteiger partial charge is 0.240 e. The Labute approximate surface area is 81.5 Å². The Kier molecular flexibility index (Phi) is 2.40. The average molecular weight is 189 g/mol. The van der Waals surface area contributed by atoms with Gasteiger partial charge in [0.1, 0.15) is 0 Å². The molecule has 2 rings (SSSR count). The van der Waals surface area contributed by atoms with Gasteiger partial charge in [0.25, 0.3) is 0 Å². The highest BCUT2D eigenvalue weighted by molar-refractivity contribution is 5.15. The molecule has 0 aliphatic carbocycles. The van der Waals surface area contributed by atoms with E-state index in [-0.39, 0.29) is 0 Å². The van der Waals surface area contributed by atoms with Crippen molar-refractivity contribution in [3.63, 3.8) is 0 Å². The Morgan fingerprint density at radius 2 is 2.00 bits per heavy atom. The lowest BCUT2D eigenvalue weighted by Gasteiger charge is -2.01. The number of nitrogens with two attached hydrogens (primary N) is 1. The summed E-state index contributed by atoms with van der Waals surface area (Å²) in [6, 6.07) is 10.2. The third kappa shape index (κ3) is 1.87. The third-order valence-electron chi connectivity index (χ3n) is 2.01. The SMILES string of the molecule is Nc1nnnn1CCc1ccccc1. The van der Waals surface area contributed by atoms with Gasteiger partial charge in [-0.2, -0.15) is 0 Å². The van der Waals surface area contributed by atoms with Crippen LogP contribution in [0.15, 0.2) is 30.3 Å².